The molecule has 0 amide bonds. The van der Waals surface area contributed by atoms with E-state index in [1.54, 1.807) is 0 Å². The van der Waals surface area contributed by atoms with E-state index in [2.05, 4.69) is 63.3 Å². The molecule has 3 heteroatoms. The first-order chi connectivity index (χ1) is 8.86. The van der Waals surface area contributed by atoms with Crippen LogP contribution in [-0.2, 0) is 6.42 Å². The smallest absolute Gasteiger partial charge is 0.157 e. The molecular formula is C16H24N2S. The van der Waals surface area contributed by atoms with Gasteiger partial charge in [-0.2, -0.15) is 0 Å². The lowest BCUT2D eigenvalue weighted by molar-refractivity contribution is 0.427. The van der Waals surface area contributed by atoms with Crippen LogP contribution in [0, 0.1) is 0 Å². The van der Waals surface area contributed by atoms with Crippen molar-refractivity contribution in [2.45, 2.75) is 51.6 Å². The first kappa shape index (κ1) is 14.4. The zero-order valence-electron chi connectivity index (χ0n) is 12.4. The number of aryl methyl sites for hydroxylation is 1. The molecule has 0 aromatic heterocycles. The number of thioether (sulfide) groups is 1. The summed E-state index contributed by atoms with van der Waals surface area (Å²) in [6.45, 7) is 8.88. The largest absolute Gasteiger partial charge is 0.360 e. The molecule has 0 unspecified atom stereocenters. The number of benzene rings is 1. The Labute approximate surface area is 121 Å². The highest BCUT2D eigenvalue weighted by Crippen LogP contribution is 2.27. The molecule has 104 valence electrons. The van der Waals surface area contributed by atoms with E-state index >= 15 is 0 Å². The van der Waals surface area contributed by atoms with Gasteiger partial charge in [-0.3, -0.25) is 4.99 Å². The molecule has 1 heterocycles. The van der Waals surface area contributed by atoms with Crippen LogP contribution in [0.4, 0.5) is 0 Å². The summed E-state index contributed by atoms with van der Waals surface area (Å²) in [7, 11) is 0. The number of rotatable bonds is 4. The standard InChI is InChI=1S/C16H24N2S/c1-15(2,11-10-13-8-6-5-7-9-13)17-14-18-16(3,4)12-19-14/h5-9H,10-12H2,1-4H3,(H,17,18). The van der Waals surface area contributed by atoms with Gasteiger partial charge in [-0.25, -0.2) is 0 Å². The summed E-state index contributed by atoms with van der Waals surface area (Å²) >= 11 is 1.84. The Kier molecular flexibility index (Phi) is 4.24. The first-order valence-electron chi connectivity index (χ1n) is 6.91. The minimum absolute atomic E-state index is 0.0854. The number of aliphatic imine (C=N–C) groups is 1. The van der Waals surface area contributed by atoms with Gasteiger partial charge < -0.3 is 5.32 Å². The Morgan fingerprint density at radius 1 is 1.26 bits per heavy atom. The van der Waals surface area contributed by atoms with Crippen LogP contribution in [0.15, 0.2) is 35.3 Å². The van der Waals surface area contributed by atoms with E-state index in [1.807, 2.05) is 11.8 Å². The maximum Gasteiger partial charge on any atom is 0.157 e. The summed E-state index contributed by atoms with van der Waals surface area (Å²) in [6, 6.07) is 10.7. The van der Waals surface area contributed by atoms with Crippen LogP contribution in [0.5, 0.6) is 0 Å². The maximum absolute atomic E-state index is 4.73. The Morgan fingerprint density at radius 3 is 2.53 bits per heavy atom. The van der Waals surface area contributed by atoms with Gasteiger partial charge in [-0.15, -0.1) is 0 Å². The van der Waals surface area contributed by atoms with Gasteiger partial charge in [0.1, 0.15) is 0 Å². The van der Waals surface area contributed by atoms with Crippen molar-refractivity contribution in [1.82, 2.24) is 5.32 Å². The average molecular weight is 276 g/mol. The molecule has 0 atom stereocenters. The molecule has 1 aromatic rings. The molecule has 1 aliphatic rings. The molecule has 1 N–H and O–H groups in total. The zero-order valence-corrected chi connectivity index (χ0v) is 13.2. The molecule has 0 saturated heterocycles. The van der Waals surface area contributed by atoms with E-state index in [4.69, 9.17) is 4.99 Å². The summed E-state index contributed by atoms with van der Waals surface area (Å²) in [4.78, 5) is 4.73. The molecule has 0 spiro atoms. The highest BCUT2D eigenvalue weighted by molar-refractivity contribution is 8.14. The number of nitrogens with zero attached hydrogens (tertiary/aromatic N) is 1. The van der Waals surface area contributed by atoms with Crippen LogP contribution >= 0.6 is 11.8 Å². The van der Waals surface area contributed by atoms with E-state index in [9.17, 15) is 0 Å². The summed E-state index contributed by atoms with van der Waals surface area (Å²) < 4.78 is 0. The Balaban J connectivity index is 1.89. The zero-order chi connectivity index (χ0) is 13.9. The van der Waals surface area contributed by atoms with Gasteiger partial charge in [0.05, 0.1) is 5.54 Å². The van der Waals surface area contributed by atoms with Crippen molar-refractivity contribution < 1.29 is 0 Å². The molecule has 2 rings (SSSR count). The van der Waals surface area contributed by atoms with Crippen molar-refractivity contribution in [2.75, 3.05) is 5.75 Å². The van der Waals surface area contributed by atoms with Crippen molar-refractivity contribution in [3.8, 4) is 0 Å². The lowest BCUT2D eigenvalue weighted by Gasteiger charge is -2.27. The van der Waals surface area contributed by atoms with Crippen LogP contribution in [0.25, 0.3) is 0 Å². The molecule has 0 radical (unpaired) electrons. The van der Waals surface area contributed by atoms with E-state index in [1.165, 1.54) is 5.56 Å². The van der Waals surface area contributed by atoms with Gasteiger partial charge in [0.25, 0.3) is 0 Å². The summed E-state index contributed by atoms with van der Waals surface area (Å²) in [5.74, 6) is 1.07. The van der Waals surface area contributed by atoms with Crippen LogP contribution in [0.3, 0.4) is 0 Å². The Hall–Kier alpha value is -0.960. The monoisotopic (exact) mass is 276 g/mol. The van der Waals surface area contributed by atoms with Crippen molar-refractivity contribution in [3.63, 3.8) is 0 Å². The highest BCUT2D eigenvalue weighted by atomic mass is 32.2. The van der Waals surface area contributed by atoms with Gasteiger partial charge in [0.15, 0.2) is 5.17 Å². The van der Waals surface area contributed by atoms with Crippen LogP contribution < -0.4 is 5.32 Å². The SMILES string of the molecule is CC1(C)CSC(NC(C)(C)CCc2ccccc2)=N1. The van der Waals surface area contributed by atoms with Crippen LogP contribution in [0.1, 0.15) is 39.7 Å². The fourth-order valence-corrected chi connectivity index (χ4v) is 3.32. The van der Waals surface area contributed by atoms with Gasteiger partial charge in [-0.05, 0) is 46.1 Å². The minimum atomic E-state index is 0.0854. The molecule has 0 aliphatic carbocycles. The minimum Gasteiger partial charge on any atom is -0.360 e. The van der Waals surface area contributed by atoms with Gasteiger partial charge in [0.2, 0.25) is 0 Å². The second kappa shape index (κ2) is 5.58. The first-order valence-corrected chi connectivity index (χ1v) is 7.90. The molecule has 0 saturated carbocycles. The lowest BCUT2D eigenvalue weighted by Crippen LogP contribution is -2.42. The molecule has 0 fully saturated rings. The van der Waals surface area contributed by atoms with Crippen LogP contribution in [0.2, 0.25) is 0 Å². The fourth-order valence-electron chi connectivity index (χ4n) is 2.10. The topological polar surface area (TPSA) is 24.4 Å². The predicted octanol–water partition coefficient (Wildman–Crippen LogP) is 3.87. The molecule has 1 aromatic carbocycles. The molecule has 19 heavy (non-hydrogen) atoms. The maximum atomic E-state index is 4.73. The number of hydrogen-bond acceptors (Lipinski definition) is 3. The molecule has 1 aliphatic heterocycles. The van der Waals surface area contributed by atoms with Crippen molar-refractivity contribution >= 4 is 16.9 Å². The Morgan fingerprint density at radius 2 is 1.95 bits per heavy atom. The fraction of sp³-hybridized carbons (Fsp3) is 0.562. The van der Waals surface area contributed by atoms with E-state index in [-0.39, 0.29) is 11.1 Å². The summed E-state index contributed by atoms with van der Waals surface area (Å²) in [5, 5.41) is 4.69. The highest BCUT2D eigenvalue weighted by Gasteiger charge is 2.28. The summed E-state index contributed by atoms with van der Waals surface area (Å²) in [6.07, 6.45) is 2.21. The second-order valence-corrected chi connectivity index (χ2v) is 7.48. The van der Waals surface area contributed by atoms with E-state index in [0.29, 0.717) is 0 Å². The predicted molar refractivity (Wildman–Crippen MR) is 85.9 cm³/mol. The number of nitrogens with one attached hydrogen (secondary N) is 1. The quantitative estimate of drug-likeness (QED) is 0.903. The third-order valence-corrected chi connectivity index (χ3v) is 4.61. The number of hydrogen-bond donors (Lipinski definition) is 1. The van der Waals surface area contributed by atoms with E-state index in [0.717, 1.165) is 23.8 Å². The molecular weight excluding hydrogens is 252 g/mol. The average Bonchev–Trinajstić information content (AvgIpc) is 2.67. The normalized spacial score (nSPS) is 18.2. The van der Waals surface area contributed by atoms with E-state index < -0.39 is 0 Å². The van der Waals surface area contributed by atoms with Crippen LogP contribution in [-0.4, -0.2) is 22.0 Å². The second-order valence-electron chi connectivity index (χ2n) is 6.51. The van der Waals surface area contributed by atoms with Gasteiger partial charge in [-0.1, -0.05) is 42.1 Å². The van der Waals surface area contributed by atoms with Crippen molar-refractivity contribution in [1.29, 1.82) is 0 Å². The van der Waals surface area contributed by atoms with Crippen molar-refractivity contribution in [3.05, 3.63) is 35.9 Å². The lowest BCUT2D eigenvalue weighted by atomic mass is 9.95. The van der Waals surface area contributed by atoms with Gasteiger partial charge in [0, 0.05) is 11.3 Å². The van der Waals surface area contributed by atoms with Crippen molar-refractivity contribution in [2.24, 2.45) is 4.99 Å². The molecule has 0 bridgehead atoms. The Bertz CT molecular complexity index is 449. The molecule has 2 nitrogen and oxygen atoms in total. The third kappa shape index (κ3) is 4.57. The summed E-state index contributed by atoms with van der Waals surface area (Å²) in [5.41, 5.74) is 1.57. The number of amidine groups is 1. The van der Waals surface area contributed by atoms with Gasteiger partial charge >= 0.3 is 0 Å². The third-order valence-electron chi connectivity index (χ3n) is 3.29.